The Hall–Kier alpha value is -1.41. The lowest BCUT2D eigenvalue weighted by Crippen LogP contribution is -2.25. The van der Waals surface area contributed by atoms with Crippen LogP contribution >= 0.6 is 11.8 Å². The molecule has 2 aromatic rings. The van der Waals surface area contributed by atoms with Gasteiger partial charge in [-0.1, -0.05) is 24.6 Å². The van der Waals surface area contributed by atoms with Crippen molar-refractivity contribution in [1.82, 2.24) is 25.0 Å². The standard InChI is InChI=1S/C14H19N5O2S/c1-2-5-14(4-1)6-3-11(21-14)8-22-13-18-17-12(20-13)7-19-10-15-9-16-19/h9-11H,1-8H2/t11-/m0/s1. The SMILES string of the molecule is c1ncn(Cc2nnc(SC[C@@H]3CCC4(CCCC4)O3)o2)n1. The molecule has 0 amide bonds. The van der Waals surface area contributed by atoms with Crippen molar-refractivity contribution in [1.29, 1.82) is 0 Å². The van der Waals surface area contributed by atoms with E-state index < -0.39 is 0 Å². The van der Waals surface area contributed by atoms with E-state index in [0.29, 0.717) is 23.8 Å². The van der Waals surface area contributed by atoms with Crippen LogP contribution in [-0.4, -0.2) is 42.4 Å². The van der Waals surface area contributed by atoms with Gasteiger partial charge in [0, 0.05) is 5.75 Å². The minimum atomic E-state index is 0.193. The fourth-order valence-corrected chi connectivity index (χ4v) is 4.19. The molecule has 3 heterocycles. The summed E-state index contributed by atoms with van der Waals surface area (Å²) in [5.41, 5.74) is 0.193. The summed E-state index contributed by atoms with van der Waals surface area (Å²) in [6.07, 6.45) is 10.9. The maximum atomic E-state index is 6.29. The Morgan fingerprint density at radius 1 is 1.27 bits per heavy atom. The van der Waals surface area contributed by atoms with Crippen molar-refractivity contribution >= 4 is 11.8 Å². The molecule has 0 N–H and O–H groups in total. The molecule has 4 rings (SSSR count). The van der Waals surface area contributed by atoms with Crippen LogP contribution in [0.3, 0.4) is 0 Å². The highest BCUT2D eigenvalue weighted by Gasteiger charge is 2.42. The molecule has 1 saturated heterocycles. The third-order valence-electron chi connectivity index (χ3n) is 4.46. The normalized spacial score (nSPS) is 23.5. The van der Waals surface area contributed by atoms with E-state index in [1.807, 2.05) is 0 Å². The summed E-state index contributed by atoms with van der Waals surface area (Å²) in [5.74, 6) is 1.43. The van der Waals surface area contributed by atoms with Gasteiger partial charge in [-0.25, -0.2) is 9.67 Å². The second-order valence-electron chi connectivity index (χ2n) is 6.03. The summed E-state index contributed by atoms with van der Waals surface area (Å²) in [5, 5.41) is 12.7. The molecule has 0 unspecified atom stereocenters. The summed E-state index contributed by atoms with van der Waals surface area (Å²) in [4.78, 5) is 3.89. The van der Waals surface area contributed by atoms with E-state index in [4.69, 9.17) is 9.15 Å². The van der Waals surface area contributed by atoms with Crippen molar-refractivity contribution in [2.45, 2.75) is 62.0 Å². The van der Waals surface area contributed by atoms with Gasteiger partial charge in [0.15, 0.2) is 0 Å². The van der Waals surface area contributed by atoms with Gasteiger partial charge in [-0.2, -0.15) is 5.10 Å². The molecule has 2 fully saturated rings. The average Bonchev–Trinajstić information content (AvgIpc) is 3.29. The van der Waals surface area contributed by atoms with Crippen LogP contribution in [0.1, 0.15) is 44.4 Å². The van der Waals surface area contributed by atoms with Crippen molar-refractivity contribution in [2.24, 2.45) is 0 Å². The highest BCUT2D eigenvalue weighted by molar-refractivity contribution is 7.99. The lowest BCUT2D eigenvalue weighted by Gasteiger charge is -2.23. The topological polar surface area (TPSA) is 78.9 Å². The van der Waals surface area contributed by atoms with Gasteiger partial charge in [0.25, 0.3) is 5.22 Å². The Morgan fingerprint density at radius 2 is 2.18 bits per heavy atom. The zero-order valence-corrected chi connectivity index (χ0v) is 13.2. The lowest BCUT2D eigenvalue weighted by molar-refractivity contribution is -0.0268. The number of hydrogen-bond donors (Lipinski definition) is 0. The van der Waals surface area contributed by atoms with Gasteiger partial charge in [-0.3, -0.25) is 0 Å². The van der Waals surface area contributed by atoms with Crippen LogP contribution in [0.2, 0.25) is 0 Å². The Bertz CT molecular complexity index is 609. The third-order valence-corrected chi connectivity index (χ3v) is 5.41. The van der Waals surface area contributed by atoms with Crippen LogP contribution < -0.4 is 0 Å². The molecule has 7 nitrogen and oxygen atoms in total. The van der Waals surface area contributed by atoms with E-state index in [1.165, 1.54) is 38.4 Å². The number of rotatable bonds is 5. The first-order valence-electron chi connectivity index (χ1n) is 7.77. The van der Waals surface area contributed by atoms with E-state index in [-0.39, 0.29) is 5.60 Å². The number of ether oxygens (including phenoxy) is 1. The van der Waals surface area contributed by atoms with E-state index in [0.717, 1.165) is 12.2 Å². The Kier molecular flexibility index (Phi) is 3.87. The van der Waals surface area contributed by atoms with E-state index in [1.54, 1.807) is 22.8 Å². The average molecular weight is 321 g/mol. The molecule has 0 bridgehead atoms. The zero-order chi connectivity index (χ0) is 14.8. The van der Waals surface area contributed by atoms with Crippen LogP contribution in [0.4, 0.5) is 0 Å². The van der Waals surface area contributed by atoms with Crippen molar-refractivity contribution in [3.05, 3.63) is 18.5 Å². The van der Waals surface area contributed by atoms with Gasteiger partial charge in [-0.15, -0.1) is 10.2 Å². The highest BCUT2D eigenvalue weighted by Crippen LogP contribution is 2.44. The van der Waals surface area contributed by atoms with Gasteiger partial charge in [0.1, 0.15) is 19.2 Å². The highest BCUT2D eigenvalue weighted by atomic mass is 32.2. The summed E-state index contributed by atoms with van der Waals surface area (Å²) < 4.78 is 13.6. The summed E-state index contributed by atoms with van der Waals surface area (Å²) in [6, 6.07) is 0. The van der Waals surface area contributed by atoms with Crippen molar-refractivity contribution in [2.75, 3.05) is 5.75 Å². The number of thioether (sulfide) groups is 1. The third kappa shape index (κ3) is 3.03. The summed E-state index contributed by atoms with van der Waals surface area (Å²) in [6.45, 7) is 0.455. The van der Waals surface area contributed by atoms with Crippen molar-refractivity contribution in [3.63, 3.8) is 0 Å². The van der Waals surface area contributed by atoms with Crippen LogP contribution in [0.15, 0.2) is 22.3 Å². The molecule has 1 saturated carbocycles. The molecule has 1 spiro atoms. The van der Waals surface area contributed by atoms with E-state index in [9.17, 15) is 0 Å². The maximum Gasteiger partial charge on any atom is 0.276 e. The molecule has 2 aromatic heterocycles. The Balaban J connectivity index is 1.28. The smallest absolute Gasteiger partial charge is 0.276 e. The second kappa shape index (κ2) is 6.00. The molecule has 1 atom stereocenters. The van der Waals surface area contributed by atoms with Crippen LogP contribution in [0.25, 0.3) is 0 Å². The predicted molar refractivity (Wildman–Crippen MR) is 79.5 cm³/mol. The largest absolute Gasteiger partial charge is 0.414 e. The zero-order valence-electron chi connectivity index (χ0n) is 12.3. The molecule has 0 radical (unpaired) electrons. The molecular weight excluding hydrogens is 302 g/mol. The Labute approximate surface area is 132 Å². The molecular formula is C14H19N5O2S. The first-order valence-corrected chi connectivity index (χ1v) is 8.75. The van der Waals surface area contributed by atoms with Gasteiger partial charge >= 0.3 is 0 Å². The van der Waals surface area contributed by atoms with Crippen LogP contribution in [0, 0.1) is 0 Å². The minimum absolute atomic E-state index is 0.193. The van der Waals surface area contributed by atoms with Crippen LogP contribution in [-0.2, 0) is 11.3 Å². The van der Waals surface area contributed by atoms with Crippen molar-refractivity contribution < 1.29 is 9.15 Å². The molecule has 0 aromatic carbocycles. The minimum Gasteiger partial charge on any atom is -0.414 e. The summed E-state index contributed by atoms with van der Waals surface area (Å²) >= 11 is 1.58. The van der Waals surface area contributed by atoms with Gasteiger partial charge in [0.05, 0.1) is 11.7 Å². The number of aromatic nitrogens is 5. The second-order valence-corrected chi connectivity index (χ2v) is 7.01. The maximum absolute atomic E-state index is 6.29. The quantitative estimate of drug-likeness (QED) is 0.782. The lowest BCUT2D eigenvalue weighted by atomic mass is 9.98. The van der Waals surface area contributed by atoms with Gasteiger partial charge in [0.2, 0.25) is 5.89 Å². The van der Waals surface area contributed by atoms with E-state index >= 15 is 0 Å². The van der Waals surface area contributed by atoms with Crippen LogP contribution in [0.5, 0.6) is 0 Å². The monoisotopic (exact) mass is 321 g/mol. The number of nitrogens with zero attached hydrogens (tertiary/aromatic N) is 5. The molecule has 22 heavy (non-hydrogen) atoms. The Morgan fingerprint density at radius 3 is 3.00 bits per heavy atom. The predicted octanol–water partition coefficient (Wildman–Crippen LogP) is 2.29. The molecule has 2 aliphatic rings. The molecule has 8 heteroatoms. The first kappa shape index (κ1) is 14.2. The van der Waals surface area contributed by atoms with Crippen molar-refractivity contribution in [3.8, 4) is 0 Å². The molecule has 118 valence electrons. The fraction of sp³-hybridized carbons (Fsp3) is 0.714. The van der Waals surface area contributed by atoms with Gasteiger partial charge in [-0.05, 0) is 25.7 Å². The number of hydrogen-bond acceptors (Lipinski definition) is 7. The summed E-state index contributed by atoms with van der Waals surface area (Å²) in [7, 11) is 0. The molecule has 1 aliphatic heterocycles. The fourth-order valence-electron chi connectivity index (χ4n) is 3.38. The molecule has 1 aliphatic carbocycles. The van der Waals surface area contributed by atoms with Gasteiger partial charge < -0.3 is 9.15 Å². The first-order chi connectivity index (χ1) is 10.8. The van der Waals surface area contributed by atoms with E-state index in [2.05, 4.69) is 20.3 Å².